The Morgan fingerprint density at radius 1 is 1.31 bits per heavy atom. The van der Waals surface area contributed by atoms with E-state index in [0.717, 1.165) is 0 Å². The molecule has 1 N–H and O–H groups in total. The van der Waals surface area contributed by atoms with Crippen molar-refractivity contribution in [3.05, 3.63) is 0 Å². The van der Waals surface area contributed by atoms with Crippen molar-refractivity contribution in [2.45, 2.75) is 26.7 Å². The Kier molecular flexibility index (Phi) is 8.52. The second-order valence-corrected chi connectivity index (χ2v) is 3.49. The maximum absolute atomic E-state index is 11.3. The first-order valence-corrected chi connectivity index (χ1v) is 5.72. The first-order valence-electron chi connectivity index (χ1n) is 5.72. The topological polar surface area (TPSA) is 58.6 Å². The molecular formula is C11H22N2O3. The Hall–Kier alpha value is -1.10. The molecule has 0 saturated heterocycles. The van der Waals surface area contributed by atoms with E-state index in [1.165, 1.54) is 0 Å². The van der Waals surface area contributed by atoms with E-state index < -0.39 is 0 Å². The minimum absolute atomic E-state index is 0.0682. The van der Waals surface area contributed by atoms with Gasteiger partial charge < -0.3 is 15.0 Å². The lowest BCUT2D eigenvalue weighted by atomic mass is 10.3. The van der Waals surface area contributed by atoms with Gasteiger partial charge >= 0.3 is 5.97 Å². The van der Waals surface area contributed by atoms with E-state index in [2.05, 4.69) is 5.32 Å². The van der Waals surface area contributed by atoms with Gasteiger partial charge in [-0.15, -0.1) is 0 Å². The van der Waals surface area contributed by atoms with E-state index in [0.29, 0.717) is 39.1 Å². The molecule has 0 spiro atoms. The number of amides is 1. The Labute approximate surface area is 97.1 Å². The van der Waals surface area contributed by atoms with Gasteiger partial charge in [0, 0.05) is 20.0 Å². The zero-order valence-corrected chi connectivity index (χ0v) is 10.4. The quantitative estimate of drug-likeness (QED) is 0.484. The highest BCUT2D eigenvalue weighted by Gasteiger charge is 2.05. The molecular weight excluding hydrogens is 208 g/mol. The van der Waals surface area contributed by atoms with E-state index in [1.807, 2.05) is 6.92 Å². The monoisotopic (exact) mass is 230 g/mol. The maximum atomic E-state index is 11.3. The summed E-state index contributed by atoms with van der Waals surface area (Å²) in [6.45, 7) is 5.83. The lowest BCUT2D eigenvalue weighted by Crippen LogP contribution is -2.35. The number of rotatable bonds is 8. The number of hydrogen-bond donors (Lipinski definition) is 1. The van der Waals surface area contributed by atoms with Crippen molar-refractivity contribution < 1.29 is 14.3 Å². The van der Waals surface area contributed by atoms with Crippen LogP contribution < -0.4 is 5.32 Å². The van der Waals surface area contributed by atoms with Crippen molar-refractivity contribution >= 4 is 11.9 Å². The molecule has 0 heterocycles. The summed E-state index contributed by atoms with van der Waals surface area (Å²) in [6, 6.07) is 0. The average molecular weight is 230 g/mol. The summed E-state index contributed by atoms with van der Waals surface area (Å²) in [5.74, 6) is -0.111. The summed E-state index contributed by atoms with van der Waals surface area (Å²) in [5, 5.41) is 3.00. The van der Waals surface area contributed by atoms with Crippen LogP contribution in [0.2, 0.25) is 0 Å². The molecule has 0 aromatic heterocycles. The van der Waals surface area contributed by atoms with Gasteiger partial charge in [-0.05, 0) is 26.8 Å². The molecule has 0 aliphatic heterocycles. The lowest BCUT2D eigenvalue weighted by Gasteiger charge is -2.14. The molecule has 0 aliphatic carbocycles. The van der Waals surface area contributed by atoms with Crippen LogP contribution in [0.15, 0.2) is 0 Å². The van der Waals surface area contributed by atoms with Gasteiger partial charge in [0.05, 0.1) is 13.2 Å². The molecule has 0 atom stereocenters. The Morgan fingerprint density at radius 3 is 2.56 bits per heavy atom. The largest absolute Gasteiger partial charge is 0.466 e. The summed E-state index contributed by atoms with van der Waals surface area (Å²) in [6.07, 6.45) is 1.10. The SMILES string of the molecule is CCOC(=O)CCCNCC(=O)N(C)CC. The van der Waals surface area contributed by atoms with Gasteiger partial charge in [-0.25, -0.2) is 0 Å². The molecule has 5 nitrogen and oxygen atoms in total. The van der Waals surface area contributed by atoms with Crippen LogP contribution in [0, 0.1) is 0 Å². The zero-order valence-electron chi connectivity index (χ0n) is 10.4. The van der Waals surface area contributed by atoms with Crippen molar-refractivity contribution in [3.8, 4) is 0 Å². The normalized spacial score (nSPS) is 9.94. The second kappa shape index (κ2) is 9.15. The number of carbonyl (C=O) groups is 2. The number of nitrogens with one attached hydrogen (secondary N) is 1. The molecule has 0 bridgehead atoms. The molecule has 0 aromatic rings. The Bertz CT molecular complexity index is 219. The third-order valence-electron chi connectivity index (χ3n) is 2.22. The van der Waals surface area contributed by atoms with Gasteiger partial charge in [-0.3, -0.25) is 9.59 Å². The maximum Gasteiger partial charge on any atom is 0.305 e. The molecule has 1 amide bonds. The Morgan fingerprint density at radius 2 is 2.00 bits per heavy atom. The molecule has 94 valence electrons. The van der Waals surface area contributed by atoms with Crippen LogP contribution in [0.3, 0.4) is 0 Å². The number of nitrogens with zero attached hydrogens (tertiary/aromatic N) is 1. The van der Waals surface area contributed by atoms with Crippen LogP contribution in [-0.2, 0) is 14.3 Å². The predicted octanol–water partition coefficient (Wildman–Crippen LogP) is 0.398. The van der Waals surface area contributed by atoms with Crippen LogP contribution in [0.4, 0.5) is 0 Å². The number of ether oxygens (including phenoxy) is 1. The van der Waals surface area contributed by atoms with Crippen molar-refractivity contribution in [3.63, 3.8) is 0 Å². The third-order valence-corrected chi connectivity index (χ3v) is 2.22. The molecule has 0 radical (unpaired) electrons. The Balaban J connectivity index is 3.40. The minimum Gasteiger partial charge on any atom is -0.466 e. The number of hydrogen-bond acceptors (Lipinski definition) is 4. The molecule has 0 fully saturated rings. The smallest absolute Gasteiger partial charge is 0.305 e. The van der Waals surface area contributed by atoms with Crippen molar-refractivity contribution in [1.29, 1.82) is 0 Å². The van der Waals surface area contributed by atoms with Crippen molar-refractivity contribution in [2.75, 3.05) is 33.3 Å². The van der Waals surface area contributed by atoms with Crippen LogP contribution in [-0.4, -0.2) is 50.1 Å². The summed E-state index contributed by atoms with van der Waals surface area (Å²) in [7, 11) is 1.77. The van der Waals surface area contributed by atoms with Gasteiger partial charge in [0.25, 0.3) is 0 Å². The van der Waals surface area contributed by atoms with E-state index in [1.54, 1.807) is 18.9 Å². The van der Waals surface area contributed by atoms with E-state index in [-0.39, 0.29) is 11.9 Å². The van der Waals surface area contributed by atoms with Gasteiger partial charge in [0.1, 0.15) is 0 Å². The van der Waals surface area contributed by atoms with Crippen LogP contribution in [0.5, 0.6) is 0 Å². The van der Waals surface area contributed by atoms with E-state index >= 15 is 0 Å². The molecule has 0 unspecified atom stereocenters. The second-order valence-electron chi connectivity index (χ2n) is 3.49. The van der Waals surface area contributed by atoms with Crippen LogP contribution in [0.1, 0.15) is 26.7 Å². The van der Waals surface area contributed by atoms with Crippen LogP contribution >= 0.6 is 0 Å². The fraction of sp³-hybridized carbons (Fsp3) is 0.818. The lowest BCUT2D eigenvalue weighted by molar-refractivity contribution is -0.143. The standard InChI is InChI=1S/C11H22N2O3/c1-4-13(3)10(14)9-12-8-6-7-11(15)16-5-2/h12H,4-9H2,1-3H3. The molecule has 0 rings (SSSR count). The highest BCUT2D eigenvalue weighted by molar-refractivity contribution is 5.77. The average Bonchev–Trinajstić information content (AvgIpc) is 2.27. The van der Waals surface area contributed by atoms with Crippen molar-refractivity contribution in [1.82, 2.24) is 10.2 Å². The summed E-state index contributed by atoms with van der Waals surface area (Å²) in [5.41, 5.74) is 0. The third kappa shape index (κ3) is 7.23. The van der Waals surface area contributed by atoms with Gasteiger partial charge in [0.2, 0.25) is 5.91 Å². The number of esters is 1. The van der Waals surface area contributed by atoms with Crippen LogP contribution in [0.25, 0.3) is 0 Å². The highest BCUT2D eigenvalue weighted by atomic mass is 16.5. The molecule has 0 saturated carbocycles. The number of carbonyl (C=O) groups excluding carboxylic acids is 2. The molecule has 5 heteroatoms. The summed E-state index contributed by atoms with van der Waals surface area (Å²) < 4.78 is 4.78. The fourth-order valence-corrected chi connectivity index (χ4v) is 1.10. The zero-order chi connectivity index (χ0) is 12.4. The van der Waals surface area contributed by atoms with E-state index in [9.17, 15) is 9.59 Å². The minimum atomic E-state index is -0.179. The predicted molar refractivity (Wildman–Crippen MR) is 62.0 cm³/mol. The fourth-order valence-electron chi connectivity index (χ4n) is 1.10. The summed E-state index contributed by atoms with van der Waals surface area (Å²) >= 11 is 0. The van der Waals surface area contributed by atoms with Gasteiger partial charge in [-0.2, -0.15) is 0 Å². The highest BCUT2D eigenvalue weighted by Crippen LogP contribution is 1.91. The van der Waals surface area contributed by atoms with Gasteiger partial charge in [-0.1, -0.05) is 0 Å². The van der Waals surface area contributed by atoms with Gasteiger partial charge in [0.15, 0.2) is 0 Å². The molecule has 16 heavy (non-hydrogen) atoms. The number of likely N-dealkylation sites (N-methyl/N-ethyl adjacent to an activating group) is 1. The first kappa shape index (κ1) is 14.9. The molecule has 0 aromatic carbocycles. The summed E-state index contributed by atoms with van der Waals surface area (Å²) in [4.78, 5) is 24.0. The molecule has 0 aliphatic rings. The van der Waals surface area contributed by atoms with Crippen molar-refractivity contribution in [2.24, 2.45) is 0 Å². The first-order chi connectivity index (χ1) is 7.61. The van der Waals surface area contributed by atoms with E-state index in [4.69, 9.17) is 4.74 Å².